The van der Waals surface area contributed by atoms with Crippen LogP contribution in [0.5, 0.6) is 0 Å². The molecule has 5 heteroatoms. The SMILES string of the molecule is Cc1ccccc1-c1nc2ccc(NC(=O)Nc3ccccc3)cc2o1. The molecule has 0 unspecified atom stereocenters. The van der Waals surface area contributed by atoms with Crippen LogP contribution in [0.4, 0.5) is 16.2 Å². The molecule has 2 amide bonds. The molecule has 3 aromatic carbocycles. The summed E-state index contributed by atoms with van der Waals surface area (Å²) in [6.07, 6.45) is 0. The molecule has 1 aromatic heterocycles. The second kappa shape index (κ2) is 6.72. The molecule has 0 fully saturated rings. The van der Waals surface area contributed by atoms with Gasteiger partial charge in [0.25, 0.3) is 0 Å². The van der Waals surface area contributed by atoms with Crippen molar-refractivity contribution in [2.45, 2.75) is 6.92 Å². The fourth-order valence-corrected chi connectivity index (χ4v) is 2.75. The number of aromatic nitrogens is 1. The van der Waals surface area contributed by atoms with E-state index >= 15 is 0 Å². The van der Waals surface area contributed by atoms with Gasteiger partial charge in [0.1, 0.15) is 5.52 Å². The number of para-hydroxylation sites is 1. The van der Waals surface area contributed by atoms with E-state index in [1.807, 2.05) is 67.6 Å². The topological polar surface area (TPSA) is 67.2 Å². The number of oxazole rings is 1. The number of carbonyl (C=O) groups excluding carboxylic acids is 1. The van der Waals surface area contributed by atoms with Gasteiger partial charge in [0.15, 0.2) is 5.58 Å². The third-order valence-corrected chi connectivity index (χ3v) is 4.05. The van der Waals surface area contributed by atoms with Crippen LogP contribution in [0.15, 0.2) is 77.2 Å². The molecule has 1 heterocycles. The molecular formula is C21H17N3O2. The highest BCUT2D eigenvalue weighted by Crippen LogP contribution is 2.28. The quantitative estimate of drug-likeness (QED) is 0.520. The molecule has 0 saturated carbocycles. The normalized spacial score (nSPS) is 10.7. The molecule has 0 aliphatic carbocycles. The van der Waals surface area contributed by atoms with E-state index in [4.69, 9.17) is 4.42 Å². The maximum absolute atomic E-state index is 12.1. The average Bonchev–Trinajstić information content (AvgIpc) is 3.06. The minimum absolute atomic E-state index is 0.311. The summed E-state index contributed by atoms with van der Waals surface area (Å²) in [6, 6.07) is 22.3. The number of amides is 2. The van der Waals surface area contributed by atoms with E-state index < -0.39 is 0 Å². The van der Waals surface area contributed by atoms with Gasteiger partial charge in [-0.05, 0) is 42.8 Å². The lowest BCUT2D eigenvalue weighted by atomic mass is 10.1. The average molecular weight is 343 g/mol. The number of nitrogens with zero attached hydrogens (tertiary/aromatic N) is 1. The number of carbonyl (C=O) groups is 1. The van der Waals surface area contributed by atoms with Crippen LogP contribution in [0.1, 0.15) is 5.56 Å². The number of benzene rings is 3. The zero-order chi connectivity index (χ0) is 17.9. The molecule has 0 spiro atoms. The van der Waals surface area contributed by atoms with E-state index in [-0.39, 0.29) is 6.03 Å². The lowest BCUT2D eigenvalue weighted by molar-refractivity contribution is 0.262. The highest BCUT2D eigenvalue weighted by molar-refractivity contribution is 6.00. The summed E-state index contributed by atoms with van der Waals surface area (Å²) in [6.45, 7) is 2.02. The molecule has 128 valence electrons. The van der Waals surface area contributed by atoms with Crippen molar-refractivity contribution in [2.75, 3.05) is 10.6 Å². The molecule has 4 rings (SSSR count). The minimum Gasteiger partial charge on any atom is -0.436 e. The Bertz CT molecular complexity index is 1070. The number of hydrogen-bond acceptors (Lipinski definition) is 3. The molecule has 0 atom stereocenters. The van der Waals surface area contributed by atoms with Crippen LogP contribution in [0.3, 0.4) is 0 Å². The first-order valence-electron chi connectivity index (χ1n) is 8.29. The van der Waals surface area contributed by atoms with Crippen molar-refractivity contribution < 1.29 is 9.21 Å². The smallest absolute Gasteiger partial charge is 0.323 e. The highest BCUT2D eigenvalue weighted by atomic mass is 16.3. The van der Waals surface area contributed by atoms with Crippen LogP contribution in [-0.2, 0) is 0 Å². The van der Waals surface area contributed by atoms with Gasteiger partial charge in [0.05, 0.1) is 0 Å². The van der Waals surface area contributed by atoms with Crippen LogP contribution in [-0.4, -0.2) is 11.0 Å². The molecule has 2 N–H and O–H groups in total. The van der Waals surface area contributed by atoms with Crippen molar-refractivity contribution in [2.24, 2.45) is 0 Å². The Morgan fingerprint density at radius 1 is 0.885 bits per heavy atom. The third-order valence-electron chi connectivity index (χ3n) is 4.05. The van der Waals surface area contributed by atoms with E-state index in [0.717, 1.165) is 22.3 Å². The number of fused-ring (bicyclic) bond motifs is 1. The van der Waals surface area contributed by atoms with E-state index in [0.29, 0.717) is 17.2 Å². The summed E-state index contributed by atoms with van der Waals surface area (Å²) >= 11 is 0. The van der Waals surface area contributed by atoms with Gasteiger partial charge < -0.3 is 15.1 Å². The number of urea groups is 1. The zero-order valence-electron chi connectivity index (χ0n) is 14.2. The Morgan fingerprint density at radius 3 is 2.42 bits per heavy atom. The van der Waals surface area contributed by atoms with E-state index in [1.165, 1.54) is 0 Å². The van der Waals surface area contributed by atoms with E-state index in [2.05, 4.69) is 15.6 Å². The van der Waals surface area contributed by atoms with Gasteiger partial charge in [-0.2, -0.15) is 0 Å². The lowest BCUT2D eigenvalue weighted by Crippen LogP contribution is -2.19. The summed E-state index contributed by atoms with van der Waals surface area (Å²) in [5, 5.41) is 5.59. The summed E-state index contributed by atoms with van der Waals surface area (Å²) < 4.78 is 5.89. The van der Waals surface area contributed by atoms with Gasteiger partial charge in [0.2, 0.25) is 5.89 Å². The second-order valence-electron chi connectivity index (χ2n) is 5.96. The van der Waals surface area contributed by atoms with Crippen LogP contribution >= 0.6 is 0 Å². The predicted molar refractivity (Wildman–Crippen MR) is 103 cm³/mol. The maximum Gasteiger partial charge on any atom is 0.323 e. The first-order chi connectivity index (χ1) is 12.7. The Balaban J connectivity index is 1.56. The second-order valence-corrected chi connectivity index (χ2v) is 5.96. The third kappa shape index (κ3) is 3.28. The predicted octanol–water partition coefficient (Wildman–Crippen LogP) is 5.45. The Labute approximate surface area is 150 Å². The minimum atomic E-state index is -0.311. The summed E-state index contributed by atoms with van der Waals surface area (Å²) in [4.78, 5) is 16.7. The van der Waals surface area contributed by atoms with Crippen LogP contribution in [0.25, 0.3) is 22.6 Å². The van der Waals surface area contributed by atoms with Crippen molar-refractivity contribution in [3.63, 3.8) is 0 Å². The maximum atomic E-state index is 12.1. The summed E-state index contributed by atoms with van der Waals surface area (Å²) in [7, 11) is 0. The summed E-state index contributed by atoms with van der Waals surface area (Å²) in [5.41, 5.74) is 4.80. The number of aryl methyl sites for hydroxylation is 1. The monoisotopic (exact) mass is 343 g/mol. The Hall–Kier alpha value is -3.60. The molecule has 4 aromatic rings. The highest BCUT2D eigenvalue weighted by Gasteiger charge is 2.11. The number of anilines is 2. The Morgan fingerprint density at radius 2 is 1.62 bits per heavy atom. The van der Waals surface area contributed by atoms with Crippen molar-refractivity contribution in [1.82, 2.24) is 4.98 Å². The molecule has 5 nitrogen and oxygen atoms in total. The molecular weight excluding hydrogens is 326 g/mol. The molecule has 0 saturated heterocycles. The zero-order valence-corrected chi connectivity index (χ0v) is 14.2. The Kier molecular flexibility index (Phi) is 4.11. The fraction of sp³-hybridized carbons (Fsp3) is 0.0476. The van der Waals surface area contributed by atoms with Gasteiger partial charge in [-0.25, -0.2) is 9.78 Å². The van der Waals surface area contributed by atoms with Gasteiger partial charge in [-0.15, -0.1) is 0 Å². The van der Waals surface area contributed by atoms with Crippen LogP contribution in [0, 0.1) is 6.92 Å². The van der Waals surface area contributed by atoms with Crippen LogP contribution < -0.4 is 10.6 Å². The van der Waals surface area contributed by atoms with Crippen molar-refractivity contribution in [1.29, 1.82) is 0 Å². The molecule has 0 aliphatic rings. The first kappa shape index (κ1) is 15.9. The molecule has 26 heavy (non-hydrogen) atoms. The van der Waals surface area contributed by atoms with Crippen LogP contribution in [0.2, 0.25) is 0 Å². The lowest BCUT2D eigenvalue weighted by Gasteiger charge is -2.07. The van der Waals surface area contributed by atoms with Crippen molar-refractivity contribution >= 4 is 28.5 Å². The summed E-state index contributed by atoms with van der Waals surface area (Å²) in [5.74, 6) is 0.573. The van der Waals surface area contributed by atoms with E-state index in [9.17, 15) is 4.79 Å². The van der Waals surface area contributed by atoms with Gasteiger partial charge in [-0.1, -0.05) is 36.4 Å². The van der Waals surface area contributed by atoms with Gasteiger partial charge in [0, 0.05) is 23.0 Å². The fourth-order valence-electron chi connectivity index (χ4n) is 2.75. The van der Waals surface area contributed by atoms with Crippen molar-refractivity contribution in [3.05, 3.63) is 78.4 Å². The molecule has 0 aliphatic heterocycles. The van der Waals surface area contributed by atoms with E-state index in [1.54, 1.807) is 12.1 Å². The largest absolute Gasteiger partial charge is 0.436 e. The first-order valence-corrected chi connectivity index (χ1v) is 8.29. The van der Waals surface area contributed by atoms with Crippen molar-refractivity contribution in [3.8, 4) is 11.5 Å². The molecule has 0 bridgehead atoms. The number of hydrogen-bond donors (Lipinski definition) is 2. The van der Waals surface area contributed by atoms with Gasteiger partial charge >= 0.3 is 6.03 Å². The number of nitrogens with one attached hydrogen (secondary N) is 2. The number of rotatable bonds is 3. The van der Waals surface area contributed by atoms with Gasteiger partial charge in [-0.3, -0.25) is 0 Å². The standard InChI is InChI=1S/C21H17N3O2/c1-14-7-5-6-10-17(14)20-24-18-12-11-16(13-19(18)26-20)23-21(25)22-15-8-3-2-4-9-15/h2-13H,1H3,(H2,22,23,25). The molecule has 0 radical (unpaired) electrons.